The highest BCUT2D eigenvalue weighted by atomic mass is 16.6. The highest BCUT2D eigenvalue weighted by Gasteiger charge is 2.10. The van der Waals surface area contributed by atoms with E-state index in [1.165, 1.54) is 13.5 Å². The van der Waals surface area contributed by atoms with Crippen LogP contribution in [0.4, 0.5) is 0 Å². The van der Waals surface area contributed by atoms with E-state index in [9.17, 15) is 4.79 Å². The van der Waals surface area contributed by atoms with Crippen molar-refractivity contribution in [2.45, 2.75) is 0 Å². The van der Waals surface area contributed by atoms with Crippen LogP contribution in [0, 0.1) is 0 Å². The lowest BCUT2D eigenvalue weighted by Crippen LogP contribution is -2.17. The minimum absolute atomic E-state index is 0.225. The maximum atomic E-state index is 11.8. The summed E-state index contributed by atoms with van der Waals surface area (Å²) in [6.45, 7) is -0.225. The molecule has 3 rings (SSSR count). The third-order valence-corrected chi connectivity index (χ3v) is 2.95. The van der Waals surface area contributed by atoms with E-state index in [-0.39, 0.29) is 6.61 Å². The standard InChI is InChI=1S/C16H13NO5/c1-19-14-4-2-3-5-15(14)20-9-16(18)22-11-6-7-13-12(8-11)17-10-21-13/h2-8,10H,9H2,1H3. The second-order valence-corrected chi connectivity index (χ2v) is 4.40. The molecule has 0 spiro atoms. The highest BCUT2D eigenvalue weighted by Crippen LogP contribution is 2.25. The van der Waals surface area contributed by atoms with Crippen molar-refractivity contribution in [2.24, 2.45) is 0 Å². The van der Waals surface area contributed by atoms with E-state index in [1.807, 2.05) is 6.07 Å². The maximum absolute atomic E-state index is 11.8. The number of benzene rings is 2. The Bertz CT molecular complexity index is 796. The Labute approximate surface area is 126 Å². The molecule has 0 amide bonds. The molecule has 0 bridgehead atoms. The molecule has 0 N–H and O–H groups in total. The van der Waals surface area contributed by atoms with Gasteiger partial charge in [-0.1, -0.05) is 12.1 Å². The van der Waals surface area contributed by atoms with Crippen LogP contribution >= 0.6 is 0 Å². The number of aromatic nitrogens is 1. The van der Waals surface area contributed by atoms with Crippen LogP contribution in [0.15, 0.2) is 53.3 Å². The van der Waals surface area contributed by atoms with E-state index in [1.54, 1.807) is 36.4 Å². The summed E-state index contributed by atoms with van der Waals surface area (Å²) < 4.78 is 20.9. The van der Waals surface area contributed by atoms with Crippen molar-refractivity contribution < 1.29 is 23.4 Å². The van der Waals surface area contributed by atoms with Crippen LogP contribution in [0.3, 0.4) is 0 Å². The van der Waals surface area contributed by atoms with E-state index in [0.717, 1.165) is 0 Å². The molecule has 2 aromatic carbocycles. The van der Waals surface area contributed by atoms with Gasteiger partial charge in [-0.3, -0.25) is 0 Å². The molecular weight excluding hydrogens is 286 g/mol. The van der Waals surface area contributed by atoms with Crippen LogP contribution in [-0.4, -0.2) is 24.7 Å². The van der Waals surface area contributed by atoms with Crippen molar-refractivity contribution in [1.29, 1.82) is 0 Å². The Morgan fingerprint density at radius 1 is 1.18 bits per heavy atom. The smallest absolute Gasteiger partial charge is 0.349 e. The van der Waals surface area contributed by atoms with Crippen LogP contribution < -0.4 is 14.2 Å². The predicted octanol–water partition coefficient (Wildman–Crippen LogP) is 2.82. The number of carbonyl (C=O) groups excluding carboxylic acids is 1. The second kappa shape index (κ2) is 6.17. The van der Waals surface area contributed by atoms with Gasteiger partial charge in [-0.25, -0.2) is 9.78 Å². The first-order chi connectivity index (χ1) is 10.8. The van der Waals surface area contributed by atoms with Crippen LogP contribution in [0.1, 0.15) is 0 Å². The number of oxazole rings is 1. The largest absolute Gasteiger partial charge is 0.493 e. The molecule has 6 heteroatoms. The molecular formula is C16H13NO5. The maximum Gasteiger partial charge on any atom is 0.349 e. The molecule has 0 radical (unpaired) electrons. The molecule has 3 aromatic rings. The monoisotopic (exact) mass is 299 g/mol. The Morgan fingerprint density at radius 2 is 2.00 bits per heavy atom. The van der Waals surface area contributed by atoms with Crippen molar-refractivity contribution in [1.82, 2.24) is 4.98 Å². The minimum atomic E-state index is -0.520. The number of nitrogens with zero attached hydrogens (tertiary/aromatic N) is 1. The van der Waals surface area contributed by atoms with Gasteiger partial charge >= 0.3 is 5.97 Å². The number of ether oxygens (including phenoxy) is 3. The van der Waals surface area contributed by atoms with Gasteiger partial charge < -0.3 is 18.6 Å². The molecule has 0 unspecified atom stereocenters. The van der Waals surface area contributed by atoms with Crippen molar-refractivity contribution in [3.8, 4) is 17.2 Å². The van der Waals surface area contributed by atoms with Crippen LogP contribution in [0.25, 0.3) is 11.1 Å². The third-order valence-electron chi connectivity index (χ3n) is 2.95. The molecule has 112 valence electrons. The predicted molar refractivity (Wildman–Crippen MR) is 78.1 cm³/mol. The number of para-hydroxylation sites is 2. The molecule has 22 heavy (non-hydrogen) atoms. The van der Waals surface area contributed by atoms with Gasteiger partial charge in [-0.2, -0.15) is 0 Å². The van der Waals surface area contributed by atoms with Gasteiger partial charge in [0.2, 0.25) is 0 Å². The fourth-order valence-electron chi connectivity index (χ4n) is 1.94. The second-order valence-electron chi connectivity index (χ2n) is 4.40. The number of carbonyl (C=O) groups is 1. The Balaban J connectivity index is 1.62. The molecule has 0 saturated carbocycles. The van der Waals surface area contributed by atoms with Gasteiger partial charge in [0.05, 0.1) is 7.11 Å². The summed E-state index contributed by atoms with van der Waals surface area (Å²) in [5.41, 5.74) is 1.25. The van der Waals surface area contributed by atoms with E-state index in [4.69, 9.17) is 18.6 Å². The zero-order valence-corrected chi connectivity index (χ0v) is 11.8. The lowest BCUT2D eigenvalue weighted by Gasteiger charge is -2.09. The summed E-state index contributed by atoms with van der Waals surface area (Å²) in [6, 6.07) is 12.0. The molecule has 1 aromatic heterocycles. The quantitative estimate of drug-likeness (QED) is 0.533. The Hall–Kier alpha value is -3.02. The lowest BCUT2D eigenvalue weighted by molar-refractivity contribution is -0.136. The summed E-state index contributed by atoms with van der Waals surface area (Å²) in [4.78, 5) is 15.8. The molecule has 0 aliphatic rings. The normalized spacial score (nSPS) is 10.4. The third kappa shape index (κ3) is 3.01. The number of esters is 1. The number of hydrogen-bond acceptors (Lipinski definition) is 6. The van der Waals surface area contributed by atoms with Gasteiger partial charge in [0, 0.05) is 6.07 Å². The summed E-state index contributed by atoms with van der Waals surface area (Å²) in [6.07, 6.45) is 1.33. The minimum Gasteiger partial charge on any atom is -0.493 e. The number of hydrogen-bond donors (Lipinski definition) is 0. The van der Waals surface area contributed by atoms with Crippen molar-refractivity contribution in [3.05, 3.63) is 48.9 Å². The average molecular weight is 299 g/mol. The Morgan fingerprint density at radius 3 is 2.82 bits per heavy atom. The Kier molecular flexibility index (Phi) is 3.91. The van der Waals surface area contributed by atoms with Gasteiger partial charge in [0.15, 0.2) is 30.1 Å². The molecule has 0 fully saturated rings. The van der Waals surface area contributed by atoms with Gasteiger partial charge in [-0.15, -0.1) is 0 Å². The number of methoxy groups -OCH3 is 1. The first-order valence-corrected chi connectivity index (χ1v) is 6.56. The van der Waals surface area contributed by atoms with E-state index in [2.05, 4.69) is 4.98 Å². The first-order valence-electron chi connectivity index (χ1n) is 6.56. The fourth-order valence-corrected chi connectivity index (χ4v) is 1.94. The van der Waals surface area contributed by atoms with Crippen molar-refractivity contribution in [3.63, 3.8) is 0 Å². The van der Waals surface area contributed by atoms with Gasteiger partial charge in [0.25, 0.3) is 0 Å². The average Bonchev–Trinajstić information content (AvgIpc) is 3.01. The fraction of sp³-hybridized carbons (Fsp3) is 0.125. The molecule has 0 aliphatic heterocycles. The van der Waals surface area contributed by atoms with Crippen LogP contribution in [0.5, 0.6) is 17.2 Å². The highest BCUT2D eigenvalue weighted by molar-refractivity contribution is 5.78. The zero-order valence-electron chi connectivity index (χ0n) is 11.8. The summed E-state index contributed by atoms with van der Waals surface area (Å²) in [7, 11) is 1.54. The number of rotatable bonds is 5. The summed E-state index contributed by atoms with van der Waals surface area (Å²) in [5.74, 6) is 0.900. The molecule has 1 heterocycles. The zero-order chi connectivity index (χ0) is 15.4. The molecule has 6 nitrogen and oxygen atoms in total. The topological polar surface area (TPSA) is 70.8 Å². The molecule has 0 atom stereocenters. The van der Waals surface area contributed by atoms with E-state index in [0.29, 0.717) is 28.3 Å². The molecule has 0 saturated heterocycles. The first kappa shape index (κ1) is 13.9. The van der Waals surface area contributed by atoms with Crippen LogP contribution in [0.2, 0.25) is 0 Å². The van der Waals surface area contributed by atoms with E-state index >= 15 is 0 Å². The lowest BCUT2D eigenvalue weighted by atomic mass is 10.3. The SMILES string of the molecule is COc1ccccc1OCC(=O)Oc1ccc2ocnc2c1. The van der Waals surface area contributed by atoms with Crippen LogP contribution in [-0.2, 0) is 4.79 Å². The van der Waals surface area contributed by atoms with Crippen molar-refractivity contribution in [2.75, 3.05) is 13.7 Å². The summed E-state index contributed by atoms with van der Waals surface area (Å²) in [5, 5.41) is 0. The van der Waals surface area contributed by atoms with Gasteiger partial charge in [0.1, 0.15) is 11.3 Å². The van der Waals surface area contributed by atoms with Crippen molar-refractivity contribution >= 4 is 17.1 Å². The summed E-state index contributed by atoms with van der Waals surface area (Å²) >= 11 is 0. The number of fused-ring (bicyclic) bond motifs is 1. The van der Waals surface area contributed by atoms with Gasteiger partial charge in [-0.05, 0) is 24.3 Å². The van der Waals surface area contributed by atoms with E-state index < -0.39 is 5.97 Å². The molecule has 0 aliphatic carbocycles.